The standard InChI is InChI=1S/2C20H20N.C11H20O2.C5H8O2.2Ir/c2*1-13(2)17-6-5-16-7-8-21-20(19(16)12-17)18-10-14(3)9-15(4)11-18;1-8(2)5-10(12)7-11(13)6-9(3)4;1-4(6)3-5(2)7;;/h2*5-10,12-13H,1-4H3;7-9,12H,5-6H2,1-4H3;3,6H,1-2H3;;/q2*-1;;;;. The molecule has 6 nitrogen and oxygen atoms in total. The molecule has 0 aliphatic heterocycles. The normalized spacial score (nSPS) is 11.2. The minimum Gasteiger partial charge on any atom is -0.512 e. The van der Waals surface area contributed by atoms with Gasteiger partial charge in [-0.3, -0.25) is 9.59 Å². The van der Waals surface area contributed by atoms with Crippen LogP contribution in [0.2, 0.25) is 0 Å². The Morgan fingerprint density at radius 2 is 0.984 bits per heavy atom. The summed E-state index contributed by atoms with van der Waals surface area (Å²) in [6, 6.07) is 33.0. The van der Waals surface area contributed by atoms with Gasteiger partial charge in [0.15, 0.2) is 11.6 Å². The molecule has 0 amide bonds. The van der Waals surface area contributed by atoms with E-state index in [-0.39, 0.29) is 63.3 Å². The van der Waals surface area contributed by atoms with Crippen molar-refractivity contribution >= 4 is 33.1 Å². The van der Waals surface area contributed by atoms with Crippen LogP contribution in [0.25, 0.3) is 44.1 Å². The molecule has 0 aliphatic rings. The van der Waals surface area contributed by atoms with Gasteiger partial charge < -0.3 is 20.2 Å². The molecule has 2 N–H and O–H groups in total. The Hall–Kier alpha value is -4.58. The number of ketones is 2. The van der Waals surface area contributed by atoms with Crippen LogP contribution in [0.4, 0.5) is 0 Å². The van der Waals surface area contributed by atoms with Crippen LogP contribution in [-0.2, 0) is 49.8 Å². The first kappa shape index (κ1) is 57.4. The van der Waals surface area contributed by atoms with E-state index in [1.54, 1.807) is 0 Å². The molecular formula is C56H68Ir2N2O4-2. The second kappa shape index (κ2) is 27.7. The van der Waals surface area contributed by atoms with Crippen LogP contribution in [0.15, 0.2) is 109 Å². The molecule has 2 aromatic heterocycles. The molecule has 64 heavy (non-hydrogen) atoms. The Morgan fingerprint density at radius 3 is 1.30 bits per heavy atom. The number of pyridine rings is 2. The van der Waals surface area contributed by atoms with Crippen molar-refractivity contribution in [1.82, 2.24) is 9.97 Å². The molecule has 0 aliphatic carbocycles. The molecule has 6 rings (SSSR count). The van der Waals surface area contributed by atoms with Gasteiger partial charge in [0.05, 0.1) is 11.5 Å². The van der Waals surface area contributed by atoms with Crippen molar-refractivity contribution in [3.63, 3.8) is 0 Å². The van der Waals surface area contributed by atoms with E-state index in [9.17, 15) is 14.7 Å². The van der Waals surface area contributed by atoms with Gasteiger partial charge in [0.2, 0.25) is 0 Å². The number of aryl methyl sites for hydroxylation is 4. The number of hydrogen-bond acceptors (Lipinski definition) is 6. The maximum atomic E-state index is 11.2. The van der Waals surface area contributed by atoms with E-state index in [1.165, 1.54) is 69.8 Å². The van der Waals surface area contributed by atoms with Gasteiger partial charge in [0.25, 0.3) is 0 Å². The van der Waals surface area contributed by atoms with Gasteiger partial charge >= 0.3 is 0 Å². The summed E-state index contributed by atoms with van der Waals surface area (Å²) in [6.07, 6.45) is 7.41. The summed E-state index contributed by atoms with van der Waals surface area (Å²) in [6.45, 7) is 28.2. The van der Waals surface area contributed by atoms with Crippen LogP contribution in [0.3, 0.4) is 0 Å². The second-order valence-electron chi connectivity index (χ2n) is 17.8. The third-order valence-corrected chi connectivity index (χ3v) is 9.69. The molecule has 6 aromatic rings. The molecule has 0 saturated carbocycles. The van der Waals surface area contributed by atoms with Gasteiger partial charge in [0.1, 0.15) is 0 Å². The fourth-order valence-corrected chi connectivity index (χ4v) is 6.98. The summed E-state index contributed by atoms with van der Waals surface area (Å²) in [7, 11) is 0. The van der Waals surface area contributed by atoms with Crippen molar-refractivity contribution in [3.8, 4) is 22.5 Å². The summed E-state index contributed by atoms with van der Waals surface area (Å²) in [5, 5.41) is 22.6. The summed E-state index contributed by atoms with van der Waals surface area (Å²) in [5.41, 5.74) is 11.7. The number of aromatic nitrogens is 2. The van der Waals surface area contributed by atoms with Gasteiger partial charge in [-0.25, -0.2) is 0 Å². The number of carbonyl (C=O) groups is 2. The predicted molar refractivity (Wildman–Crippen MR) is 261 cm³/mol. The maximum absolute atomic E-state index is 11.2. The number of nitrogens with zero attached hydrogens (tertiary/aromatic N) is 2. The fourth-order valence-electron chi connectivity index (χ4n) is 6.98. The zero-order valence-electron chi connectivity index (χ0n) is 40.2. The summed E-state index contributed by atoms with van der Waals surface area (Å²) in [5.74, 6) is 1.95. The number of allylic oxidation sites excluding steroid dienone is 4. The van der Waals surface area contributed by atoms with Crippen LogP contribution < -0.4 is 0 Å². The maximum Gasteiger partial charge on any atom is 0.159 e. The SMILES string of the molecule is CC(=O)C=C(C)O.CC(C)CC(=O)C=C(O)CC(C)C.Cc1[c-]c(-c2nccc3ccc(C(C)C)cc23)cc(C)c1.Cc1[c-]c(-c2nccc3ccc(C(C)C)cc23)cc(C)c1.[Ir].[Ir]. The first-order valence-electron chi connectivity index (χ1n) is 21.7. The number of carbonyl (C=O) groups excluding carboxylic acids is 2. The topological polar surface area (TPSA) is 100 Å². The Bertz CT molecular complexity index is 2330. The van der Waals surface area contributed by atoms with E-state index in [2.05, 4.69) is 150 Å². The van der Waals surface area contributed by atoms with E-state index in [0.29, 0.717) is 36.5 Å². The van der Waals surface area contributed by atoms with Crippen molar-refractivity contribution in [2.24, 2.45) is 11.8 Å². The summed E-state index contributed by atoms with van der Waals surface area (Å²) < 4.78 is 0. The van der Waals surface area contributed by atoms with Crippen molar-refractivity contribution in [2.45, 2.75) is 122 Å². The number of aliphatic hydroxyl groups excluding tert-OH is 2. The molecule has 2 heterocycles. The monoisotopic (exact) mass is 1220 g/mol. The van der Waals surface area contributed by atoms with E-state index >= 15 is 0 Å². The number of benzene rings is 4. The molecule has 2 radical (unpaired) electrons. The van der Waals surface area contributed by atoms with E-state index in [1.807, 2.05) is 40.1 Å². The number of fused-ring (bicyclic) bond motifs is 2. The smallest absolute Gasteiger partial charge is 0.159 e. The van der Waals surface area contributed by atoms with Gasteiger partial charge in [-0.1, -0.05) is 119 Å². The molecule has 0 fully saturated rings. The van der Waals surface area contributed by atoms with E-state index in [0.717, 1.165) is 33.6 Å². The Labute approximate surface area is 410 Å². The van der Waals surface area contributed by atoms with E-state index in [4.69, 9.17) is 5.11 Å². The van der Waals surface area contributed by atoms with Gasteiger partial charge in [-0.2, -0.15) is 0 Å². The number of hydrogen-bond donors (Lipinski definition) is 2. The minimum atomic E-state index is -0.125. The molecule has 0 unspecified atom stereocenters. The number of rotatable bonds is 10. The Kier molecular flexibility index (Phi) is 24.8. The number of aliphatic hydroxyl groups is 2. The first-order valence-corrected chi connectivity index (χ1v) is 21.7. The molecule has 346 valence electrons. The van der Waals surface area contributed by atoms with Crippen LogP contribution in [0.5, 0.6) is 0 Å². The molecule has 0 bridgehead atoms. The van der Waals surface area contributed by atoms with Crippen LogP contribution in [-0.4, -0.2) is 31.7 Å². The molecule has 8 heteroatoms. The average Bonchev–Trinajstić information content (AvgIpc) is 3.15. The molecule has 0 atom stereocenters. The zero-order chi connectivity index (χ0) is 46.3. The predicted octanol–water partition coefficient (Wildman–Crippen LogP) is 15.0. The first-order chi connectivity index (χ1) is 29.1. The largest absolute Gasteiger partial charge is 0.512 e. The van der Waals surface area contributed by atoms with Crippen molar-refractivity contribution in [3.05, 3.63) is 154 Å². The molecule has 0 saturated heterocycles. The molecule has 0 spiro atoms. The van der Waals surface area contributed by atoms with Gasteiger partial charge in [0, 0.05) is 77.6 Å². The summed E-state index contributed by atoms with van der Waals surface area (Å²) in [4.78, 5) is 30.5. The Morgan fingerprint density at radius 1 is 0.578 bits per heavy atom. The van der Waals surface area contributed by atoms with Gasteiger partial charge in [-0.05, 0) is 93.7 Å². The molecule has 4 aromatic carbocycles. The minimum absolute atomic E-state index is 0. The quantitative estimate of drug-likeness (QED) is 0.0805. The van der Waals surface area contributed by atoms with E-state index < -0.39 is 0 Å². The third kappa shape index (κ3) is 19.3. The van der Waals surface area contributed by atoms with Crippen LogP contribution in [0, 0.1) is 51.7 Å². The Balaban J connectivity index is 0.000000451. The zero-order valence-corrected chi connectivity index (χ0v) is 45.0. The summed E-state index contributed by atoms with van der Waals surface area (Å²) >= 11 is 0. The fraction of sp³-hybridized carbons (Fsp3) is 0.357. The second-order valence-corrected chi connectivity index (χ2v) is 17.8. The molecular weight excluding hydrogens is 1150 g/mol. The van der Waals surface area contributed by atoms with Crippen molar-refractivity contribution in [1.29, 1.82) is 0 Å². The average molecular weight is 1220 g/mol. The van der Waals surface area contributed by atoms with Gasteiger partial charge in [-0.15, -0.1) is 69.8 Å². The van der Waals surface area contributed by atoms with Crippen LogP contribution >= 0.6 is 0 Å². The van der Waals surface area contributed by atoms with Crippen LogP contribution in [0.1, 0.15) is 127 Å². The van der Waals surface area contributed by atoms with Crippen molar-refractivity contribution < 1.29 is 60.0 Å². The van der Waals surface area contributed by atoms with Crippen molar-refractivity contribution in [2.75, 3.05) is 0 Å². The third-order valence-electron chi connectivity index (χ3n) is 9.69.